The topological polar surface area (TPSA) is 9.23 Å². The van der Waals surface area contributed by atoms with Crippen molar-refractivity contribution in [3.8, 4) is 0 Å². The van der Waals surface area contributed by atoms with Gasteiger partial charge in [0.2, 0.25) is 0 Å². The van der Waals surface area contributed by atoms with Crippen LogP contribution in [0.1, 0.15) is 102 Å². The Morgan fingerprint density at radius 2 is 1.19 bits per heavy atom. The molecule has 0 radical (unpaired) electrons. The predicted molar refractivity (Wildman–Crippen MR) is 120 cm³/mol. The minimum absolute atomic E-state index is 0.856. The van der Waals surface area contributed by atoms with Gasteiger partial charge >= 0.3 is 0 Å². The lowest BCUT2D eigenvalue weighted by Crippen LogP contribution is -2.00. The van der Waals surface area contributed by atoms with E-state index in [1.165, 1.54) is 95.5 Å². The van der Waals surface area contributed by atoms with Crippen LogP contribution in [0.4, 0.5) is 0 Å². The van der Waals surface area contributed by atoms with E-state index in [0.29, 0.717) is 0 Å². The standard InChI is InChI=1S/C26H44O/c1-2-3-4-5-6-7-8-9-10-11-12-13-14-15-16-20-24-27-25-23-26-21-18-17-19-22-26/h9-10,17-19,21-22H,2-8,11-16,20,23-25H2,1H3/b10-9-. The van der Waals surface area contributed by atoms with Crippen molar-refractivity contribution in [1.82, 2.24) is 0 Å². The number of allylic oxidation sites excluding steroid dienone is 2. The molecule has 1 nitrogen and oxygen atoms in total. The molecule has 0 amide bonds. The van der Waals surface area contributed by atoms with Gasteiger partial charge in [-0.3, -0.25) is 0 Å². The fourth-order valence-electron chi connectivity index (χ4n) is 3.39. The van der Waals surface area contributed by atoms with Gasteiger partial charge in [-0.2, -0.15) is 0 Å². The molecular weight excluding hydrogens is 328 g/mol. The van der Waals surface area contributed by atoms with Crippen LogP contribution in [0.3, 0.4) is 0 Å². The van der Waals surface area contributed by atoms with E-state index in [1.54, 1.807) is 0 Å². The molecule has 0 aliphatic heterocycles. The highest BCUT2D eigenvalue weighted by atomic mass is 16.5. The predicted octanol–water partition coefficient (Wildman–Crippen LogP) is 8.28. The Balaban J connectivity index is 1.72. The van der Waals surface area contributed by atoms with Gasteiger partial charge in [-0.1, -0.05) is 107 Å². The average Bonchev–Trinajstić information content (AvgIpc) is 2.70. The summed E-state index contributed by atoms with van der Waals surface area (Å²) in [7, 11) is 0. The molecule has 0 aromatic heterocycles. The molecule has 0 saturated heterocycles. The smallest absolute Gasteiger partial charge is 0.0506 e. The Morgan fingerprint density at radius 3 is 1.81 bits per heavy atom. The van der Waals surface area contributed by atoms with Crippen LogP contribution in [0.2, 0.25) is 0 Å². The quantitative estimate of drug-likeness (QED) is 0.175. The van der Waals surface area contributed by atoms with Gasteiger partial charge in [0.25, 0.3) is 0 Å². The van der Waals surface area contributed by atoms with Crippen LogP contribution in [-0.2, 0) is 11.2 Å². The van der Waals surface area contributed by atoms with Crippen molar-refractivity contribution in [2.24, 2.45) is 0 Å². The molecule has 0 bridgehead atoms. The Labute approximate surface area is 169 Å². The summed E-state index contributed by atoms with van der Waals surface area (Å²) < 4.78 is 5.75. The SMILES string of the molecule is CCCCCCCC/C=C\CCCCCCCCOCCc1ccccc1. The zero-order chi connectivity index (χ0) is 19.3. The Morgan fingerprint density at radius 1 is 0.630 bits per heavy atom. The molecule has 1 heteroatoms. The molecule has 0 aliphatic carbocycles. The van der Waals surface area contributed by atoms with E-state index < -0.39 is 0 Å². The lowest BCUT2D eigenvalue weighted by molar-refractivity contribution is 0.133. The fourth-order valence-corrected chi connectivity index (χ4v) is 3.39. The van der Waals surface area contributed by atoms with E-state index in [2.05, 4.69) is 49.4 Å². The Bertz CT molecular complexity index is 423. The first-order valence-electron chi connectivity index (χ1n) is 11.7. The lowest BCUT2D eigenvalue weighted by Gasteiger charge is -2.04. The summed E-state index contributed by atoms with van der Waals surface area (Å²) in [4.78, 5) is 0. The van der Waals surface area contributed by atoms with Gasteiger partial charge in [0, 0.05) is 6.61 Å². The van der Waals surface area contributed by atoms with Gasteiger partial charge < -0.3 is 4.74 Å². The minimum Gasteiger partial charge on any atom is -0.381 e. The van der Waals surface area contributed by atoms with Crippen molar-refractivity contribution in [2.45, 2.75) is 103 Å². The molecule has 154 valence electrons. The highest BCUT2D eigenvalue weighted by Gasteiger charge is 1.94. The second-order valence-corrected chi connectivity index (χ2v) is 7.79. The molecule has 0 aliphatic rings. The number of rotatable bonds is 19. The molecule has 1 rings (SSSR count). The number of ether oxygens (including phenoxy) is 1. The maximum atomic E-state index is 5.75. The summed E-state index contributed by atoms with van der Waals surface area (Å²) in [5.41, 5.74) is 1.37. The monoisotopic (exact) mass is 372 g/mol. The van der Waals surface area contributed by atoms with Crippen LogP contribution >= 0.6 is 0 Å². The number of hydrogen-bond acceptors (Lipinski definition) is 1. The van der Waals surface area contributed by atoms with Crippen molar-refractivity contribution in [3.63, 3.8) is 0 Å². The molecular formula is C26H44O. The van der Waals surface area contributed by atoms with Gasteiger partial charge in [-0.25, -0.2) is 0 Å². The highest BCUT2D eigenvalue weighted by molar-refractivity contribution is 5.14. The summed E-state index contributed by atoms with van der Waals surface area (Å²) in [5, 5.41) is 0. The van der Waals surface area contributed by atoms with Crippen LogP contribution in [0, 0.1) is 0 Å². The van der Waals surface area contributed by atoms with Crippen LogP contribution in [0.25, 0.3) is 0 Å². The number of unbranched alkanes of at least 4 members (excludes halogenated alkanes) is 12. The molecule has 0 fully saturated rings. The van der Waals surface area contributed by atoms with E-state index in [9.17, 15) is 0 Å². The molecule has 0 unspecified atom stereocenters. The van der Waals surface area contributed by atoms with E-state index in [-0.39, 0.29) is 0 Å². The van der Waals surface area contributed by atoms with Gasteiger partial charge in [-0.15, -0.1) is 0 Å². The first kappa shape index (κ1) is 24.0. The Kier molecular flexibility index (Phi) is 17.5. The number of hydrogen-bond donors (Lipinski definition) is 0. The van der Waals surface area contributed by atoms with Crippen molar-refractivity contribution in [3.05, 3.63) is 48.0 Å². The molecule has 0 atom stereocenters. The van der Waals surface area contributed by atoms with E-state index in [0.717, 1.165) is 19.6 Å². The Hall–Kier alpha value is -1.08. The van der Waals surface area contributed by atoms with E-state index in [4.69, 9.17) is 4.74 Å². The van der Waals surface area contributed by atoms with Gasteiger partial charge in [0.05, 0.1) is 6.61 Å². The molecule has 1 aromatic rings. The van der Waals surface area contributed by atoms with Crippen LogP contribution in [0.15, 0.2) is 42.5 Å². The van der Waals surface area contributed by atoms with Gasteiger partial charge in [0.1, 0.15) is 0 Å². The summed E-state index contributed by atoms with van der Waals surface area (Å²) >= 11 is 0. The molecule has 0 N–H and O–H groups in total. The van der Waals surface area contributed by atoms with Crippen LogP contribution in [-0.4, -0.2) is 13.2 Å². The summed E-state index contributed by atoms with van der Waals surface area (Å²) in [6, 6.07) is 10.6. The van der Waals surface area contributed by atoms with Crippen LogP contribution in [0.5, 0.6) is 0 Å². The summed E-state index contributed by atoms with van der Waals surface area (Å²) in [5.74, 6) is 0. The lowest BCUT2D eigenvalue weighted by atomic mass is 10.1. The van der Waals surface area contributed by atoms with Gasteiger partial charge in [0.15, 0.2) is 0 Å². The average molecular weight is 373 g/mol. The normalized spacial score (nSPS) is 11.4. The summed E-state index contributed by atoms with van der Waals surface area (Å²) in [6.07, 6.45) is 24.9. The maximum Gasteiger partial charge on any atom is 0.0506 e. The zero-order valence-electron chi connectivity index (χ0n) is 18.0. The molecule has 0 heterocycles. The highest BCUT2D eigenvalue weighted by Crippen LogP contribution is 2.10. The molecule has 0 saturated carbocycles. The molecule has 1 aromatic carbocycles. The van der Waals surface area contributed by atoms with Crippen molar-refractivity contribution in [1.29, 1.82) is 0 Å². The first-order chi connectivity index (χ1) is 13.4. The molecule has 27 heavy (non-hydrogen) atoms. The van der Waals surface area contributed by atoms with Crippen LogP contribution < -0.4 is 0 Å². The summed E-state index contributed by atoms with van der Waals surface area (Å²) in [6.45, 7) is 4.06. The third kappa shape index (κ3) is 16.8. The van der Waals surface area contributed by atoms with Crippen molar-refractivity contribution >= 4 is 0 Å². The second-order valence-electron chi connectivity index (χ2n) is 7.79. The largest absolute Gasteiger partial charge is 0.381 e. The first-order valence-corrected chi connectivity index (χ1v) is 11.7. The molecule has 0 spiro atoms. The fraction of sp³-hybridized carbons (Fsp3) is 0.692. The van der Waals surface area contributed by atoms with E-state index >= 15 is 0 Å². The zero-order valence-corrected chi connectivity index (χ0v) is 18.0. The maximum absolute atomic E-state index is 5.75. The minimum atomic E-state index is 0.856. The van der Waals surface area contributed by atoms with Crippen molar-refractivity contribution in [2.75, 3.05) is 13.2 Å². The van der Waals surface area contributed by atoms with E-state index in [1.807, 2.05) is 0 Å². The second kappa shape index (κ2) is 19.7. The third-order valence-electron chi connectivity index (χ3n) is 5.18. The number of benzene rings is 1. The third-order valence-corrected chi connectivity index (χ3v) is 5.18. The van der Waals surface area contributed by atoms with Gasteiger partial charge in [-0.05, 0) is 44.1 Å². The van der Waals surface area contributed by atoms with Crippen molar-refractivity contribution < 1.29 is 4.74 Å².